The minimum atomic E-state index is -0.328. The van der Waals surface area contributed by atoms with Gasteiger partial charge < -0.3 is 15.1 Å². The van der Waals surface area contributed by atoms with Crippen LogP contribution in [0, 0.1) is 0 Å². The van der Waals surface area contributed by atoms with Crippen LogP contribution in [0.3, 0.4) is 0 Å². The number of Topliss-reactive ketones (excluding diaryl/α,β-unsaturated/α-hetero) is 1. The van der Waals surface area contributed by atoms with Crippen LogP contribution in [0.15, 0.2) is 76.2 Å². The Labute approximate surface area is 172 Å². The zero-order chi connectivity index (χ0) is 20.8. The van der Waals surface area contributed by atoms with Gasteiger partial charge in [0.2, 0.25) is 5.91 Å². The summed E-state index contributed by atoms with van der Waals surface area (Å²) in [6, 6.07) is 17.3. The van der Waals surface area contributed by atoms with E-state index in [-0.39, 0.29) is 28.6 Å². The Morgan fingerprint density at radius 1 is 0.897 bits per heavy atom. The van der Waals surface area contributed by atoms with Crippen molar-refractivity contribution in [3.05, 3.63) is 78.3 Å². The van der Waals surface area contributed by atoms with Crippen LogP contribution in [0.25, 0.3) is 0 Å². The van der Waals surface area contributed by atoms with Crippen molar-refractivity contribution in [2.75, 3.05) is 10.6 Å². The summed E-state index contributed by atoms with van der Waals surface area (Å²) in [6.45, 7) is 3.32. The lowest BCUT2D eigenvalue weighted by Crippen LogP contribution is -2.22. The van der Waals surface area contributed by atoms with Gasteiger partial charge in [0.05, 0.1) is 11.5 Å². The molecule has 0 radical (unpaired) electrons. The van der Waals surface area contributed by atoms with Gasteiger partial charge in [-0.1, -0.05) is 0 Å². The first-order chi connectivity index (χ1) is 13.9. The lowest BCUT2D eigenvalue weighted by molar-refractivity contribution is -0.115. The third-order valence-corrected chi connectivity index (χ3v) is 5.21. The molecule has 6 nitrogen and oxygen atoms in total. The zero-order valence-electron chi connectivity index (χ0n) is 16.0. The molecule has 3 aromatic rings. The predicted octanol–water partition coefficient (Wildman–Crippen LogP) is 4.85. The smallest absolute Gasteiger partial charge is 0.291 e. The van der Waals surface area contributed by atoms with Crippen LogP contribution < -0.4 is 10.6 Å². The highest BCUT2D eigenvalue weighted by atomic mass is 32.2. The molecule has 1 unspecified atom stereocenters. The maximum Gasteiger partial charge on any atom is 0.291 e. The SMILES string of the molecule is CC(=O)c1ccc(NC(=O)C(C)Sc2ccc(NC(=O)c3ccco3)cc2)cc1. The van der Waals surface area contributed by atoms with Crippen LogP contribution in [-0.4, -0.2) is 22.8 Å². The minimum absolute atomic E-state index is 0.0180. The van der Waals surface area contributed by atoms with Gasteiger partial charge in [0.25, 0.3) is 5.91 Å². The van der Waals surface area contributed by atoms with Crippen molar-refractivity contribution < 1.29 is 18.8 Å². The lowest BCUT2D eigenvalue weighted by Gasteiger charge is -2.13. The van der Waals surface area contributed by atoms with Crippen molar-refractivity contribution in [2.24, 2.45) is 0 Å². The predicted molar refractivity (Wildman–Crippen MR) is 113 cm³/mol. The fourth-order valence-corrected chi connectivity index (χ4v) is 3.37. The van der Waals surface area contributed by atoms with E-state index in [4.69, 9.17) is 4.42 Å². The minimum Gasteiger partial charge on any atom is -0.459 e. The third kappa shape index (κ3) is 5.58. The van der Waals surface area contributed by atoms with E-state index >= 15 is 0 Å². The van der Waals surface area contributed by atoms with Crippen molar-refractivity contribution >= 4 is 40.7 Å². The second-order valence-corrected chi connectivity index (χ2v) is 7.75. The number of amides is 2. The van der Waals surface area contributed by atoms with E-state index in [0.29, 0.717) is 16.9 Å². The third-order valence-electron chi connectivity index (χ3n) is 4.10. The van der Waals surface area contributed by atoms with Gasteiger partial charge in [-0.05, 0) is 74.5 Å². The normalized spacial score (nSPS) is 11.5. The van der Waals surface area contributed by atoms with Gasteiger partial charge in [-0.2, -0.15) is 0 Å². The lowest BCUT2D eigenvalue weighted by atomic mass is 10.1. The van der Waals surface area contributed by atoms with Gasteiger partial charge in [-0.25, -0.2) is 0 Å². The van der Waals surface area contributed by atoms with Gasteiger partial charge in [-0.3, -0.25) is 14.4 Å². The molecular formula is C22H20N2O4S. The van der Waals surface area contributed by atoms with Crippen LogP contribution in [0.5, 0.6) is 0 Å². The molecule has 2 amide bonds. The Kier molecular flexibility index (Phi) is 6.51. The number of carbonyl (C=O) groups excluding carboxylic acids is 3. The monoisotopic (exact) mass is 408 g/mol. The van der Waals surface area contributed by atoms with E-state index < -0.39 is 0 Å². The molecule has 0 spiro atoms. The molecular weight excluding hydrogens is 388 g/mol. The topological polar surface area (TPSA) is 88.4 Å². The number of carbonyl (C=O) groups is 3. The van der Waals surface area contributed by atoms with E-state index in [9.17, 15) is 14.4 Å². The maximum atomic E-state index is 12.4. The highest BCUT2D eigenvalue weighted by molar-refractivity contribution is 8.00. The van der Waals surface area contributed by atoms with Crippen molar-refractivity contribution in [2.45, 2.75) is 24.0 Å². The largest absolute Gasteiger partial charge is 0.459 e. The van der Waals surface area contributed by atoms with Gasteiger partial charge in [0.15, 0.2) is 11.5 Å². The Balaban J connectivity index is 1.54. The number of furan rings is 1. The molecule has 29 heavy (non-hydrogen) atoms. The molecule has 0 aliphatic rings. The van der Waals surface area contributed by atoms with E-state index in [0.717, 1.165) is 4.90 Å². The van der Waals surface area contributed by atoms with Crippen LogP contribution in [-0.2, 0) is 4.79 Å². The fourth-order valence-electron chi connectivity index (χ4n) is 2.51. The van der Waals surface area contributed by atoms with Gasteiger partial charge >= 0.3 is 0 Å². The van der Waals surface area contributed by atoms with E-state index in [1.807, 2.05) is 19.1 Å². The van der Waals surface area contributed by atoms with Crippen molar-refractivity contribution in [1.82, 2.24) is 0 Å². The molecule has 148 valence electrons. The summed E-state index contributed by atoms with van der Waals surface area (Å²) >= 11 is 1.41. The quantitative estimate of drug-likeness (QED) is 0.431. The molecule has 1 heterocycles. The average molecular weight is 408 g/mol. The number of nitrogens with one attached hydrogen (secondary N) is 2. The van der Waals surface area contributed by atoms with Gasteiger partial charge in [0.1, 0.15) is 0 Å². The van der Waals surface area contributed by atoms with Crippen molar-refractivity contribution in [3.63, 3.8) is 0 Å². The van der Waals surface area contributed by atoms with E-state index in [2.05, 4.69) is 10.6 Å². The summed E-state index contributed by atoms with van der Waals surface area (Å²) in [5.41, 5.74) is 1.88. The van der Waals surface area contributed by atoms with Crippen LogP contribution in [0.1, 0.15) is 34.8 Å². The van der Waals surface area contributed by atoms with E-state index in [1.54, 1.807) is 48.5 Å². The number of rotatable bonds is 7. The fraction of sp³-hybridized carbons (Fsp3) is 0.136. The second kappa shape index (κ2) is 9.25. The number of benzene rings is 2. The molecule has 2 aromatic carbocycles. The molecule has 2 N–H and O–H groups in total. The molecule has 0 saturated carbocycles. The summed E-state index contributed by atoms with van der Waals surface area (Å²) in [6.07, 6.45) is 1.44. The first-order valence-corrected chi connectivity index (χ1v) is 9.84. The van der Waals surface area contributed by atoms with E-state index in [1.165, 1.54) is 24.9 Å². The van der Waals surface area contributed by atoms with Crippen LogP contribution in [0.2, 0.25) is 0 Å². The molecule has 1 atom stereocenters. The summed E-state index contributed by atoms with van der Waals surface area (Å²) < 4.78 is 5.06. The Hall–Kier alpha value is -3.32. The highest BCUT2D eigenvalue weighted by Gasteiger charge is 2.15. The highest BCUT2D eigenvalue weighted by Crippen LogP contribution is 2.26. The first-order valence-electron chi connectivity index (χ1n) is 8.96. The van der Waals surface area contributed by atoms with Crippen LogP contribution >= 0.6 is 11.8 Å². The molecule has 0 bridgehead atoms. The van der Waals surface area contributed by atoms with Crippen molar-refractivity contribution in [1.29, 1.82) is 0 Å². The van der Waals surface area contributed by atoms with Gasteiger partial charge in [0, 0.05) is 21.8 Å². The standard InChI is InChI=1S/C22H20N2O4S/c1-14(25)16-5-7-17(8-6-16)23-21(26)15(2)29-19-11-9-18(10-12-19)24-22(27)20-4-3-13-28-20/h3-13,15H,1-2H3,(H,23,26)(H,24,27). The Morgan fingerprint density at radius 3 is 2.10 bits per heavy atom. The molecule has 3 rings (SSSR count). The summed E-state index contributed by atoms with van der Waals surface area (Å²) in [5.74, 6) is -0.236. The summed E-state index contributed by atoms with van der Waals surface area (Å²) in [7, 11) is 0. The summed E-state index contributed by atoms with van der Waals surface area (Å²) in [4.78, 5) is 36.6. The zero-order valence-corrected chi connectivity index (χ0v) is 16.8. The Bertz CT molecular complexity index is 996. The average Bonchev–Trinajstić information content (AvgIpc) is 3.25. The molecule has 0 aliphatic carbocycles. The van der Waals surface area contributed by atoms with Crippen LogP contribution in [0.4, 0.5) is 11.4 Å². The summed E-state index contributed by atoms with van der Waals surface area (Å²) in [5, 5.41) is 5.26. The Morgan fingerprint density at radius 2 is 1.52 bits per heavy atom. The molecule has 7 heteroatoms. The molecule has 0 aliphatic heterocycles. The maximum absolute atomic E-state index is 12.4. The number of ketones is 1. The number of anilines is 2. The molecule has 0 saturated heterocycles. The van der Waals surface area contributed by atoms with Crippen molar-refractivity contribution in [3.8, 4) is 0 Å². The molecule has 1 aromatic heterocycles. The number of thioether (sulfide) groups is 1. The number of hydrogen-bond acceptors (Lipinski definition) is 5. The van der Waals surface area contributed by atoms with Gasteiger partial charge in [-0.15, -0.1) is 11.8 Å². The second-order valence-electron chi connectivity index (χ2n) is 6.34. The number of hydrogen-bond donors (Lipinski definition) is 2. The molecule has 0 fully saturated rings. The first kappa shape index (κ1) is 20.4.